The predicted octanol–water partition coefficient (Wildman–Crippen LogP) is 2.21. The standard InChI is InChI=1S/C14H17N3OS/c1-10-9-11(2)17(16-10)7-8-18-13-6-4-3-5-12(13)14(15)19/h3-6,9H,7-8H2,1-2H3,(H2,15,19). The van der Waals surface area contributed by atoms with E-state index in [4.69, 9.17) is 22.7 Å². The highest BCUT2D eigenvalue weighted by molar-refractivity contribution is 7.80. The van der Waals surface area contributed by atoms with E-state index in [0.717, 1.165) is 22.7 Å². The molecule has 0 saturated carbocycles. The normalized spacial score (nSPS) is 10.4. The van der Waals surface area contributed by atoms with Crippen molar-refractivity contribution in [2.45, 2.75) is 20.4 Å². The van der Waals surface area contributed by atoms with E-state index in [1.165, 1.54) is 0 Å². The summed E-state index contributed by atoms with van der Waals surface area (Å²) in [5, 5.41) is 4.39. The molecule has 0 amide bonds. The van der Waals surface area contributed by atoms with Crippen LogP contribution < -0.4 is 10.5 Å². The highest BCUT2D eigenvalue weighted by atomic mass is 32.1. The molecule has 0 radical (unpaired) electrons. The molecule has 2 rings (SSSR count). The fourth-order valence-electron chi connectivity index (χ4n) is 1.94. The minimum absolute atomic E-state index is 0.349. The SMILES string of the molecule is Cc1cc(C)n(CCOc2ccccc2C(N)=S)n1. The van der Waals surface area contributed by atoms with Crippen LogP contribution in [-0.2, 0) is 6.54 Å². The first-order valence-electron chi connectivity index (χ1n) is 6.10. The summed E-state index contributed by atoms with van der Waals surface area (Å²) in [5.41, 5.74) is 8.57. The molecule has 0 atom stereocenters. The van der Waals surface area contributed by atoms with Crippen molar-refractivity contribution < 1.29 is 4.74 Å². The first-order valence-corrected chi connectivity index (χ1v) is 6.51. The largest absolute Gasteiger partial charge is 0.491 e. The third-order valence-electron chi connectivity index (χ3n) is 2.82. The fourth-order valence-corrected chi connectivity index (χ4v) is 2.11. The average molecular weight is 275 g/mol. The van der Waals surface area contributed by atoms with Crippen LogP contribution in [0.15, 0.2) is 30.3 Å². The van der Waals surface area contributed by atoms with Gasteiger partial charge in [-0.15, -0.1) is 0 Å². The van der Waals surface area contributed by atoms with Gasteiger partial charge in [-0.1, -0.05) is 24.4 Å². The van der Waals surface area contributed by atoms with Crippen LogP contribution in [0.1, 0.15) is 17.0 Å². The van der Waals surface area contributed by atoms with Crippen LogP contribution in [0.4, 0.5) is 0 Å². The Kier molecular flexibility index (Phi) is 4.16. The lowest BCUT2D eigenvalue weighted by molar-refractivity contribution is 0.289. The van der Waals surface area contributed by atoms with Crippen LogP contribution in [0.5, 0.6) is 5.75 Å². The van der Waals surface area contributed by atoms with Crippen molar-refractivity contribution in [1.82, 2.24) is 9.78 Å². The zero-order valence-corrected chi connectivity index (χ0v) is 11.9. The lowest BCUT2D eigenvalue weighted by Crippen LogP contribution is -2.15. The second kappa shape index (κ2) is 5.84. The Morgan fingerprint density at radius 2 is 2.11 bits per heavy atom. The maximum absolute atomic E-state index is 5.74. The molecule has 5 heteroatoms. The highest BCUT2D eigenvalue weighted by Gasteiger charge is 2.06. The number of hydrogen-bond donors (Lipinski definition) is 1. The second-order valence-electron chi connectivity index (χ2n) is 4.36. The number of rotatable bonds is 5. The molecule has 0 bridgehead atoms. The topological polar surface area (TPSA) is 53.1 Å². The van der Waals surface area contributed by atoms with Gasteiger partial charge in [-0.25, -0.2) is 0 Å². The molecule has 0 fully saturated rings. The van der Waals surface area contributed by atoms with Gasteiger partial charge in [0.2, 0.25) is 0 Å². The van der Waals surface area contributed by atoms with Crippen molar-refractivity contribution in [2.24, 2.45) is 5.73 Å². The number of benzene rings is 1. The van der Waals surface area contributed by atoms with Gasteiger partial charge in [-0.2, -0.15) is 5.10 Å². The van der Waals surface area contributed by atoms with Gasteiger partial charge in [0.25, 0.3) is 0 Å². The summed E-state index contributed by atoms with van der Waals surface area (Å²) < 4.78 is 7.67. The summed E-state index contributed by atoms with van der Waals surface area (Å²) in [4.78, 5) is 0.349. The molecule has 0 spiro atoms. The van der Waals surface area contributed by atoms with Crippen LogP contribution >= 0.6 is 12.2 Å². The van der Waals surface area contributed by atoms with Crippen molar-refractivity contribution in [1.29, 1.82) is 0 Å². The first-order chi connectivity index (χ1) is 9.08. The van der Waals surface area contributed by atoms with Crippen LogP contribution in [0.3, 0.4) is 0 Å². The number of aryl methyl sites for hydroxylation is 2. The van der Waals surface area contributed by atoms with Crippen LogP contribution in [0, 0.1) is 13.8 Å². The summed E-state index contributed by atoms with van der Waals surface area (Å²) in [7, 11) is 0. The molecule has 1 aromatic heterocycles. The van der Waals surface area contributed by atoms with Gasteiger partial charge in [0.15, 0.2) is 0 Å². The number of ether oxygens (including phenoxy) is 1. The molecule has 0 unspecified atom stereocenters. The maximum Gasteiger partial charge on any atom is 0.129 e. The monoisotopic (exact) mass is 275 g/mol. The second-order valence-corrected chi connectivity index (χ2v) is 4.80. The Bertz CT molecular complexity index is 592. The summed E-state index contributed by atoms with van der Waals surface area (Å²) in [6, 6.07) is 9.57. The third-order valence-corrected chi connectivity index (χ3v) is 3.04. The fraction of sp³-hybridized carbons (Fsp3) is 0.286. The van der Waals surface area contributed by atoms with E-state index in [1.54, 1.807) is 0 Å². The zero-order valence-electron chi connectivity index (χ0n) is 11.1. The van der Waals surface area contributed by atoms with E-state index in [2.05, 4.69) is 5.10 Å². The number of hydrogen-bond acceptors (Lipinski definition) is 3. The molecule has 2 aromatic rings. The third kappa shape index (κ3) is 3.32. The quantitative estimate of drug-likeness (QED) is 0.850. The van der Waals surface area contributed by atoms with Gasteiger partial charge in [-0.3, -0.25) is 4.68 Å². The van der Waals surface area contributed by atoms with Gasteiger partial charge in [0, 0.05) is 5.69 Å². The van der Waals surface area contributed by atoms with E-state index >= 15 is 0 Å². The molecule has 1 aromatic carbocycles. The van der Waals surface area contributed by atoms with Crippen LogP contribution in [-0.4, -0.2) is 21.4 Å². The molecule has 4 nitrogen and oxygen atoms in total. The van der Waals surface area contributed by atoms with Crippen molar-refractivity contribution in [3.8, 4) is 5.75 Å². The van der Waals surface area contributed by atoms with Crippen molar-refractivity contribution in [2.75, 3.05) is 6.61 Å². The van der Waals surface area contributed by atoms with E-state index in [0.29, 0.717) is 18.1 Å². The Morgan fingerprint density at radius 3 is 2.74 bits per heavy atom. The van der Waals surface area contributed by atoms with Gasteiger partial charge in [0.1, 0.15) is 17.3 Å². The van der Waals surface area contributed by atoms with E-state index in [1.807, 2.05) is 48.9 Å². The summed E-state index contributed by atoms with van der Waals surface area (Å²) in [6.07, 6.45) is 0. The maximum atomic E-state index is 5.74. The molecule has 0 aliphatic carbocycles. The molecular weight excluding hydrogens is 258 g/mol. The Balaban J connectivity index is 2.00. The molecule has 0 aliphatic heterocycles. The van der Waals surface area contributed by atoms with Crippen molar-refractivity contribution >= 4 is 17.2 Å². The summed E-state index contributed by atoms with van der Waals surface area (Å²) in [6.45, 7) is 5.24. The van der Waals surface area contributed by atoms with Crippen LogP contribution in [0.2, 0.25) is 0 Å². The number of para-hydroxylation sites is 1. The highest BCUT2D eigenvalue weighted by Crippen LogP contribution is 2.17. The van der Waals surface area contributed by atoms with Gasteiger partial charge in [-0.05, 0) is 32.0 Å². The van der Waals surface area contributed by atoms with Gasteiger partial charge >= 0.3 is 0 Å². The molecule has 19 heavy (non-hydrogen) atoms. The first kappa shape index (κ1) is 13.5. The Morgan fingerprint density at radius 1 is 1.37 bits per heavy atom. The molecule has 2 N–H and O–H groups in total. The molecule has 0 aliphatic rings. The minimum atomic E-state index is 0.349. The summed E-state index contributed by atoms with van der Waals surface area (Å²) in [5.74, 6) is 0.719. The lowest BCUT2D eigenvalue weighted by atomic mass is 10.2. The molecular formula is C14H17N3OS. The van der Waals surface area contributed by atoms with Gasteiger partial charge < -0.3 is 10.5 Å². The Labute approximate surface area is 118 Å². The van der Waals surface area contributed by atoms with E-state index in [9.17, 15) is 0 Å². The molecule has 1 heterocycles. The molecule has 100 valence electrons. The van der Waals surface area contributed by atoms with E-state index < -0.39 is 0 Å². The summed E-state index contributed by atoms with van der Waals surface area (Å²) >= 11 is 5.00. The average Bonchev–Trinajstić information content (AvgIpc) is 2.68. The van der Waals surface area contributed by atoms with Gasteiger partial charge in [0.05, 0.1) is 17.8 Å². The predicted molar refractivity (Wildman–Crippen MR) is 79.5 cm³/mol. The zero-order chi connectivity index (χ0) is 13.8. The van der Waals surface area contributed by atoms with E-state index in [-0.39, 0.29) is 0 Å². The van der Waals surface area contributed by atoms with Crippen molar-refractivity contribution in [3.05, 3.63) is 47.3 Å². The minimum Gasteiger partial charge on any atom is -0.491 e. The molecule has 0 saturated heterocycles. The van der Waals surface area contributed by atoms with Crippen LogP contribution in [0.25, 0.3) is 0 Å². The Hall–Kier alpha value is -1.88. The number of nitrogens with two attached hydrogens (primary N) is 1. The smallest absolute Gasteiger partial charge is 0.129 e. The number of thiocarbonyl (C=S) groups is 1. The van der Waals surface area contributed by atoms with Crippen molar-refractivity contribution in [3.63, 3.8) is 0 Å². The lowest BCUT2D eigenvalue weighted by Gasteiger charge is -2.11. The number of nitrogens with zero attached hydrogens (tertiary/aromatic N) is 2. The number of aromatic nitrogens is 2.